The van der Waals surface area contributed by atoms with E-state index in [1.54, 1.807) is 43.3 Å². The molecular formula is C30H23BrClNO6. The highest BCUT2D eigenvalue weighted by atomic mass is 79.9. The van der Waals surface area contributed by atoms with Gasteiger partial charge in [0, 0.05) is 28.2 Å². The maximum atomic E-state index is 13.9. The smallest absolute Gasteiger partial charge is 0.238 e. The number of aromatic hydroxyl groups is 1. The zero-order valence-corrected chi connectivity index (χ0v) is 23.2. The first-order chi connectivity index (χ1) is 18.7. The number of Topliss-reactive ketones (excluding diaryl/α,β-unsaturated/α-hetero) is 1. The number of halogens is 2. The molecule has 198 valence electrons. The van der Waals surface area contributed by atoms with Crippen LogP contribution in [-0.4, -0.2) is 35.1 Å². The molecule has 0 bridgehead atoms. The van der Waals surface area contributed by atoms with Gasteiger partial charge in [-0.3, -0.25) is 24.1 Å². The number of fused-ring (bicyclic) bond motifs is 3. The maximum absolute atomic E-state index is 13.9. The van der Waals surface area contributed by atoms with Gasteiger partial charge in [-0.2, -0.15) is 0 Å². The Morgan fingerprint density at radius 3 is 2.51 bits per heavy atom. The van der Waals surface area contributed by atoms with E-state index in [2.05, 4.69) is 15.9 Å². The lowest BCUT2D eigenvalue weighted by molar-refractivity contribution is -0.123. The molecule has 1 aliphatic heterocycles. The number of phenols is 1. The molecule has 3 aliphatic carbocycles. The number of nitrogens with zero attached hydrogens (tertiary/aromatic N) is 1. The van der Waals surface area contributed by atoms with E-state index in [1.807, 2.05) is 6.08 Å². The molecule has 0 radical (unpaired) electrons. The molecule has 4 atom stereocenters. The first kappa shape index (κ1) is 25.8. The summed E-state index contributed by atoms with van der Waals surface area (Å²) in [5.41, 5.74) is 2.65. The number of benzene rings is 2. The molecule has 2 aromatic rings. The first-order valence-electron chi connectivity index (χ1n) is 12.7. The van der Waals surface area contributed by atoms with Crippen molar-refractivity contribution in [2.24, 2.45) is 17.8 Å². The molecule has 6 rings (SSSR count). The average molecular weight is 609 g/mol. The molecule has 1 fully saturated rings. The van der Waals surface area contributed by atoms with Crippen LogP contribution in [0.15, 0.2) is 75.8 Å². The van der Waals surface area contributed by atoms with Gasteiger partial charge in [-0.05, 0) is 83.6 Å². The van der Waals surface area contributed by atoms with Gasteiger partial charge in [-0.15, -0.1) is 0 Å². The van der Waals surface area contributed by atoms with Crippen LogP contribution in [0, 0.1) is 17.8 Å². The van der Waals surface area contributed by atoms with E-state index in [0.29, 0.717) is 40.4 Å². The molecule has 9 heteroatoms. The van der Waals surface area contributed by atoms with E-state index in [9.17, 15) is 24.3 Å². The second kappa shape index (κ2) is 9.61. The maximum Gasteiger partial charge on any atom is 0.238 e. The highest BCUT2D eigenvalue weighted by Gasteiger charge is 2.56. The third-order valence-corrected chi connectivity index (χ3v) is 8.87. The van der Waals surface area contributed by atoms with E-state index in [-0.39, 0.29) is 45.8 Å². The molecule has 0 saturated carbocycles. The molecule has 7 nitrogen and oxygen atoms in total. The summed E-state index contributed by atoms with van der Waals surface area (Å²) in [5.74, 6) is -3.30. The zero-order valence-electron chi connectivity index (χ0n) is 20.8. The first-order valence-corrected chi connectivity index (χ1v) is 13.9. The summed E-state index contributed by atoms with van der Waals surface area (Å²) in [4.78, 5) is 55.3. The summed E-state index contributed by atoms with van der Waals surface area (Å²) >= 11 is 9.26. The number of anilines is 1. The fourth-order valence-corrected chi connectivity index (χ4v) is 6.99. The number of hydrogen-bond acceptors (Lipinski definition) is 6. The topological polar surface area (TPSA) is 101 Å². The monoisotopic (exact) mass is 607 g/mol. The second-order valence-corrected chi connectivity index (χ2v) is 11.3. The number of ketones is 2. The van der Waals surface area contributed by atoms with Crippen molar-refractivity contribution in [1.82, 2.24) is 0 Å². The number of rotatable bonds is 4. The molecular weight excluding hydrogens is 586 g/mol. The van der Waals surface area contributed by atoms with Gasteiger partial charge in [-0.25, -0.2) is 0 Å². The van der Waals surface area contributed by atoms with Gasteiger partial charge >= 0.3 is 0 Å². The predicted molar refractivity (Wildman–Crippen MR) is 148 cm³/mol. The number of imide groups is 1. The fraction of sp³-hybridized carbons (Fsp3) is 0.267. The highest BCUT2D eigenvalue weighted by Crippen LogP contribution is 2.56. The standard InChI is InChI=1S/C30H23BrClNO6/c1-2-39-24-11-14(3-10-22(24)34)25-17-8-9-18-26(19(17)12-20-27(25)23(35)13-21(31)28(20)36)30(38)33(29(18)37)16-6-4-15(32)5-7-16/h3-8,10-11,13,18-19,25-26,34H,2,9,12H2,1H3/t18-,19+,25-,26-/m0/s1. The van der Waals surface area contributed by atoms with E-state index in [1.165, 1.54) is 17.0 Å². The molecule has 0 unspecified atom stereocenters. The van der Waals surface area contributed by atoms with Crippen LogP contribution < -0.4 is 9.64 Å². The zero-order chi connectivity index (χ0) is 27.6. The Kier molecular flexibility index (Phi) is 6.35. The van der Waals surface area contributed by atoms with Crippen molar-refractivity contribution in [3.05, 3.63) is 86.4 Å². The van der Waals surface area contributed by atoms with Crippen LogP contribution in [0.1, 0.15) is 31.2 Å². The van der Waals surface area contributed by atoms with Crippen molar-refractivity contribution in [2.75, 3.05) is 11.5 Å². The second-order valence-electron chi connectivity index (χ2n) is 10.0. The third kappa shape index (κ3) is 4.00. The number of allylic oxidation sites excluding steroid dienone is 6. The quantitative estimate of drug-likeness (QED) is 0.283. The van der Waals surface area contributed by atoms with Crippen LogP contribution in [0.4, 0.5) is 5.69 Å². The van der Waals surface area contributed by atoms with Crippen LogP contribution in [0.25, 0.3) is 0 Å². The Hall–Kier alpha value is -3.49. The number of carbonyl (C=O) groups is 4. The van der Waals surface area contributed by atoms with E-state index >= 15 is 0 Å². The van der Waals surface area contributed by atoms with Crippen LogP contribution in [0.2, 0.25) is 5.02 Å². The minimum Gasteiger partial charge on any atom is -0.504 e. The molecule has 2 aromatic carbocycles. The SMILES string of the molecule is CCOc1cc([C@H]2C3=CC[C@@H]4C(=O)N(c5ccc(Cl)cc5)C(=O)[C@@H]4[C@@H]3CC3=C2C(=O)C=C(Br)C3=O)ccc1O. The number of hydrogen-bond donors (Lipinski definition) is 1. The molecule has 2 amide bonds. The lowest BCUT2D eigenvalue weighted by atomic mass is 9.59. The van der Waals surface area contributed by atoms with Gasteiger partial charge in [0.25, 0.3) is 0 Å². The van der Waals surface area contributed by atoms with Crippen LogP contribution in [-0.2, 0) is 19.2 Å². The molecule has 0 aromatic heterocycles. The van der Waals surface area contributed by atoms with E-state index in [4.69, 9.17) is 16.3 Å². The lowest BCUT2D eigenvalue weighted by Crippen LogP contribution is -2.39. The van der Waals surface area contributed by atoms with Crippen LogP contribution in [0.5, 0.6) is 11.5 Å². The molecule has 1 N–H and O–H groups in total. The van der Waals surface area contributed by atoms with Gasteiger partial charge < -0.3 is 9.84 Å². The Morgan fingerprint density at radius 2 is 1.79 bits per heavy atom. The minimum absolute atomic E-state index is 0.0382. The minimum atomic E-state index is -0.680. The van der Waals surface area contributed by atoms with Crippen molar-refractivity contribution >= 4 is 56.6 Å². The van der Waals surface area contributed by atoms with Gasteiger partial charge in [0.05, 0.1) is 28.6 Å². The Labute approximate surface area is 237 Å². The highest BCUT2D eigenvalue weighted by molar-refractivity contribution is 9.12. The number of carbonyl (C=O) groups excluding carboxylic acids is 4. The summed E-state index contributed by atoms with van der Waals surface area (Å²) in [6.07, 6.45) is 3.75. The number of phenolic OH excluding ortho intramolecular Hbond substituents is 1. The van der Waals surface area contributed by atoms with Crippen molar-refractivity contribution in [3.63, 3.8) is 0 Å². The summed E-state index contributed by atoms with van der Waals surface area (Å²) < 4.78 is 5.77. The third-order valence-electron chi connectivity index (χ3n) is 8.03. The predicted octanol–water partition coefficient (Wildman–Crippen LogP) is 5.41. The van der Waals surface area contributed by atoms with Gasteiger partial charge in [0.15, 0.2) is 23.1 Å². The van der Waals surface area contributed by atoms with E-state index in [0.717, 1.165) is 5.57 Å². The molecule has 39 heavy (non-hydrogen) atoms. The van der Waals surface area contributed by atoms with Crippen molar-refractivity contribution in [3.8, 4) is 11.5 Å². The summed E-state index contributed by atoms with van der Waals surface area (Å²) in [6.45, 7) is 2.13. The fourth-order valence-electron chi connectivity index (χ4n) is 6.41. The van der Waals surface area contributed by atoms with E-state index < -0.39 is 23.7 Å². The molecule has 1 saturated heterocycles. The molecule has 1 heterocycles. The van der Waals surface area contributed by atoms with Crippen LogP contribution in [0.3, 0.4) is 0 Å². The van der Waals surface area contributed by atoms with Gasteiger partial charge in [0.1, 0.15) is 0 Å². The Balaban J connectivity index is 1.48. The average Bonchev–Trinajstić information content (AvgIpc) is 3.18. The normalized spacial score (nSPS) is 26.2. The molecule has 4 aliphatic rings. The summed E-state index contributed by atoms with van der Waals surface area (Å²) in [6, 6.07) is 11.4. The summed E-state index contributed by atoms with van der Waals surface area (Å²) in [5, 5.41) is 10.8. The largest absolute Gasteiger partial charge is 0.504 e. The van der Waals surface area contributed by atoms with Crippen molar-refractivity contribution in [2.45, 2.75) is 25.7 Å². The lowest BCUT2D eigenvalue weighted by Gasteiger charge is -2.42. The molecule has 0 spiro atoms. The van der Waals surface area contributed by atoms with Crippen molar-refractivity contribution < 1.29 is 29.0 Å². The van der Waals surface area contributed by atoms with Gasteiger partial charge in [0.2, 0.25) is 11.8 Å². The van der Waals surface area contributed by atoms with Crippen LogP contribution >= 0.6 is 27.5 Å². The number of amides is 2. The summed E-state index contributed by atoms with van der Waals surface area (Å²) in [7, 11) is 0. The number of ether oxygens (including phenoxy) is 1. The Morgan fingerprint density at radius 1 is 1.05 bits per heavy atom. The van der Waals surface area contributed by atoms with Gasteiger partial charge in [-0.1, -0.05) is 29.3 Å². The Bertz CT molecular complexity index is 1560. The van der Waals surface area contributed by atoms with Crippen molar-refractivity contribution in [1.29, 1.82) is 0 Å².